The molecule has 0 bridgehead atoms. The van der Waals surface area contributed by atoms with Gasteiger partial charge >= 0.3 is 5.51 Å². The standard InChI is InChI=1S/C24H21O2S3.CHF3O3S/c1-25-18-8-12-21(13-9-18)29(22-14-10-19(26-2)11-15-22)24-17-16-23(28-24)27-20-6-4-3-5-7-20;2-1(3,4)8(5,6)7/h3-17H,1-2H3;(H,5,6,7)/q+1;/p-1. The molecule has 5 nitrogen and oxygen atoms in total. The maximum atomic E-state index is 10.7. The number of hydrogen-bond donors (Lipinski definition) is 0. The van der Waals surface area contributed by atoms with Gasteiger partial charge in [0.2, 0.25) is 4.21 Å². The molecule has 1 heterocycles. The summed E-state index contributed by atoms with van der Waals surface area (Å²) < 4.78 is 72.2. The first-order chi connectivity index (χ1) is 17.5. The van der Waals surface area contributed by atoms with Crippen molar-refractivity contribution < 1.29 is 35.6 Å². The highest BCUT2D eigenvalue weighted by atomic mass is 32.2. The van der Waals surface area contributed by atoms with Crippen LogP contribution in [0.5, 0.6) is 11.5 Å². The molecule has 0 atom stereocenters. The zero-order valence-corrected chi connectivity index (χ0v) is 22.7. The topological polar surface area (TPSA) is 75.7 Å². The predicted molar refractivity (Wildman–Crippen MR) is 139 cm³/mol. The van der Waals surface area contributed by atoms with Crippen molar-refractivity contribution in [1.29, 1.82) is 0 Å². The molecule has 0 unspecified atom stereocenters. The van der Waals surface area contributed by atoms with Gasteiger partial charge in [0.1, 0.15) is 22.4 Å². The van der Waals surface area contributed by atoms with E-state index in [9.17, 15) is 13.2 Å². The zero-order chi connectivity index (χ0) is 27.1. The summed E-state index contributed by atoms with van der Waals surface area (Å²) in [6.07, 6.45) is 0. The Kier molecular flexibility index (Phi) is 9.96. The van der Waals surface area contributed by atoms with E-state index in [4.69, 9.17) is 22.4 Å². The predicted octanol–water partition coefficient (Wildman–Crippen LogP) is 7.06. The highest BCUT2D eigenvalue weighted by Gasteiger charge is 2.37. The van der Waals surface area contributed by atoms with Gasteiger partial charge in [0.25, 0.3) is 0 Å². The van der Waals surface area contributed by atoms with Crippen molar-refractivity contribution in [2.75, 3.05) is 14.2 Å². The lowest BCUT2D eigenvalue weighted by Crippen LogP contribution is -2.21. The van der Waals surface area contributed by atoms with Crippen molar-refractivity contribution in [3.05, 3.63) is 91.0 Å². The van der Waals surface area contributed by atoms with Crippen LogP contribution in [-0.2, 0) is 21.0 Å². The fourth-order valence-electron chi connectivity index (χ4n) is 2.86. The number of benzene rings is 3. The first-order valence-electron chi connectivity index (χ1n) is 10.4. The Labute approximate surface area is 224 Å². The molecule has 3 aromatic carbocycles. The van der Waals surface area contributed by atoms with Crippen LogP contribution in [0.15, 0.2) is 114 Å². The number of methoxy groups -OCH3 is 2. The van der Waals surface area contributed by atoms with Crippen molar-refractivity contribution in [2.45, 2.75) is 28.6 Å². The molecule has 0 radical (unpaired) electrons. The van der Waals surface area contributed by atoms with Crippen LogP contribution < -0.4 is 9.47 Å². The van der Waals surface area contributed by atoms with E-state index in [1.807, 2.05) is 47.4 Å². The molecule has 4 aromatic rings. The second-order valence-electron chi connectivity index (χ2n) is 7.05. The van der Waals surface area contributed by atoms with Crippen LogP contribution in [0.4, 0.5) is 13.2 Å². The number of rotatable bonds is 7. The Balaban J connectivity index is 0.000000414. The van der Waals surface area contributed by atoms with E-state index in [2.05, 4.69) is 66.7 Å². The summed E-state index contributed by atoms with van der Waals surface area (Å²) in [6.45, 7) is 0. The second-order valence-corrected chi connectivity index (χ2v) is 13.1. The molecule has 0 amide bonds. The van der Waals surface area contributed by atoms with Crippen molar-refractivity contribution in [3.63, 3.8) is 0 Å². The summed E-state index contributed by atoms with van der Waals surface area (Å²) in [5, 5.41) is 0. The minimum Gasteiger partial charge on any atom is -0.741 e. The van der Waals surface area contributed by atoms with Gasteiger partial charge in [-0.3, -0.25) is 0 Å². The molecule has 196 valence electrons. The summed E-state index contributed by atoms with van der Waals surface area (Å²) in [5.74, 6) is 1.75. The summed E-state index contributed by atoms with van der Waals surface area (Å²) in [7, 11) is -2.87. The maximum Gasteiger partial charge on any atom is 0.485 e. The molecule has 0 aliphatic rings. The van der Waals surface area contributed by atoms with Crippen molar-refractivity contribution >= 4 is 44.1 Å². The van der Waals surface area contributed by atoms with Crippen LogP contribution in [0.2, 0.25) is 0 Å². The van der Waals surface area contributed by atoms with Gasteiger partial charge in [-0.2, -0.15) is 13.2 Å². The maximum absolute atomic E-state index is 10.7. The van der Waals surface area contributed by atoms with E-state index in [1.165, 1.54) is 23.1 Å². The van der Waals surface area contributed by atoms with E-state index < -0.39 is 15.6 Å². The molecule has 1 aromatic heterocycles. The van der Waals surface area contributed by atoms with Crippen LogP contribution in [0.3, 0.4) is 0 Å². The van der Waals surface area contributed by atoms with Gasteiger partial charge in [-0.1, -0.05) is 41.3 Å². The van der Waals surface area contributed by atoms with Gasteiger partial charge in [0, 0.05) is 11.0 Å². The van der Waals surface area contributed by atoms with E-state index in [0.29, 0.717) is 0 Å². The number of halogens is 3. The third-order valence-electron chi connectivity index (χ3n) is 4.59. The molecular weight excluding hydrogens is 566 g/mol. The largest absolute Gasteiger partial charge is 0.741 e. The highest BCUT2D eigenvalue weighted by molar-refractivity contribution is 8.02. The van der Waals surface area contributed by atoms with Gasteiger partial charge in [-0.25, -0.2) is 8.42 Å². The third kappa shape index (κ3) is 8.17. The first-order valence-corrected chi connectivity index (χ1v) is 14.7. The fraction of sp³-hybridized carbons (Fsp3) is 0.120. The molecule has 0 saturated carbocycles. The summed E-state index contributed by atoms with van der Waals surface area (Å²) >= 11 is 3.67. The Morgan fingerprint density at radius 3 is 1.65 bits per heavy atom. The van der Waals surface area contributed by atoms with Crippen LogP contribution in [0.25, 0.3) is 0 Å². The normalized spacial score (nSPS) is 11.5. The lowest BCUT2D eigenvalue weighted by atomic mass is 10.3. The van der Waals surface area contributed by atoms with Gasteiger partial charge in [-0.15, -0.1) is 0 Å². The second kappa shape index (κ2) is 12.7. The van der Waals surface area contributed by atoms with Crippen molar-refractivity contribution in [2.24, 2.45) is 0 Å². The molecule has 0 saturated heterocycles. The fourth-order valence-corrected chi connectivity index (χ4v) is 7.82. The van der Waals surface area contributed by atoms with Crippen molar-refractivity contribution in [3.8, 4) is 11.5 Å². The minimum atomic E-state index is -6.09. The molecule has 0 fully saturated rings. The van der Waals surface area contributed by atoms with Crippen LogP contribution in [0.1, 0.15) is 0 Å². The number of alkyl halides is 3. The van der Waals surface area contributed by atoms with Gasteiger partial charge in [0.15, 0.2) is 19.9 Å². The van der Waals surface area contributed by atoms with E-state index in [1.54, 1.807) is 14.2 Å². The van der Waals surface area contributed by atoms with Crippen LogP contribution >= 0.6 is 23.1 Å². The minimum absolute atomic E-state index is 0.178. The monoisotopic (exact) mass is 586 g/mol. The van der Waals surface area contributed by atoms with Crippen LogP contribution in [-0.4, -0.2) is 32.7 Å². The zero-order valence-electron chi connectivity index (χ0n) is 19.5. The van der Waals surface area contributed by atoms with Gasteiger partial charge < -0.3 is 14.0 Å². The summed E-state index contributed by atoms with van der Waals surface area (Å²) in [4.78, 5) is 3.80. The van der Waals surface area contributed by atoms with Gasteiger partial charge in [-0.05, 0) is 66.7 Å². The third-order valence-corrected chi connectivity index (χ3v) is 9.96. The molecule has 0 aliphatic carbocycles. The Hall–Kier alpha value is -2.64. The molecule has 12 heteroatoms. The Bertz CT molecular complexity index is 1330. The molecule has 4 rings (SSSR count). The summed E-state index contributed by atoms with van der Waals surface area (Å²) in [6, 6.07) is 31.8. The Morgan fingerprint density at radius 1 is 0.784 bits per heavy atom. The average molecular weight is 587 g/mol. The average Bonchev–Trinajstić information content (AvgIpc) is 3.32. The molecular formula is C25H21F3O5S4. The lowest BCUT2D eigenvalue weighted by Gasteiger charge is -2.08. The van der Waals surface area contributed by atoms with E-state index >= 15 is 0 Å². The molecule has 0 aliphatic heterocycles. The van der Waals surface area contributed by atoms with E-state index in [0.717, 1.165) is 11.5 Å². The number of thiophene rings is 1. The molecule has 0 spiro atoms. The number of ether oxygens (including phenoxy) is 2. The smallest absolute Gasteiger partial charge is 0.485 e. The quantitative estimate of drug-likeness (QED) is 0.131. The van der Waals surface area contributed by atoms with Crippen LogP contribution in [0, 0.1) is 0 Å². The first kappa shape index (κ1) is 28.9. The number of hydrogen-bond acceptors (Lipinski definition) is 7. The summed E-state index contributed by atoms with van der Waals surface area (Å²) in [5.41, 5.74) is -5.65. The SMILES string of the molecule is COc1ccc([S+](c2ccc(OC)cc2)c2ccc(Sc3ccccc3)s2)cc1.O=S(=O)([O-])C(F)(F)F. The van der Waals surface area contributed by atoms with Gasteiger partial charge in [0.05, 0.1) is 18.4 Å². The Morgan fingerprint density at radius 2 is 1.24 bits per heavy atom. The van der Waals surface area contributed by atoms with Crippen molar-refractivity contribution in [1.82, 2.24) is 0 Å². The van der Waals surface area contributed by atoms with E-state index in [-0.39, 0.29) is 10.9 Å². The highest BCUT2D eigenvalue weighted by Crippen LogP contribution is 2.41. The lowest BCUT2D eigenvalue weighted by molar-refractivity contribution is -0.0517. The molecule has 37 heavy (non-hydrogen) atoms. The molecule has 0 N–H and O–H groups in total.